The third kappa shape index (κ3) is 3.93. The molecule has 0 saturated heterocycles. The average Bonchev–Trinajstić information content (AvgIpc) is 2.91. The number of hydrogen-bond donors (Lipinski definition) is 4. The largest absolute Gasteiger partial charge is 0.478 e. The number of carbonyl (C=O) groups is 2. The number of nitrogens with zero attached hydrogens (tertiary/aromatic N) is 2. The van der Waals surface area contributed by atoms with Gasteiger partial charge in [0.2, 0.25) is 0 Å². The number of hydrogen-bond acceptors (Lipinski definition) is 4. The lowest BCUT2D eigenvalue weighted by molar-refractivity contribution is 0.0698. The zero-order valence-electron chi connectivity index (χ0n) is 10.8. The Morgan fingerprint density at radius 1 is 1.38 bits per heavy atom. The van der Waals surface area contributed by atoms with Gasteiger partial charge in [-0.1, -0.05) is 17.7 Å². The van der Waals surface area contributed by atoms with E-state index >= 15 is 0 Å². The Labute approximate surface area is 124 Å². The minimum absolute atomic E-state index is 0.0574. The van der Waals surface area contributed by atoms with E-state index < -0.39 is 12.0 Å². The van der Waals surface area contributed by atoms with Crippen LogP contribution in [0.1, 0.15) is 16.2 Å². The topological polar surface area (TPSA) is 120 Å². The third-order valence-electron chi connectivity index (χ3n) is 2.59. The Hall–Kier alpha value is -2.61. The van der Waals surface area contributed by atoms with Crippen molar-refractivity contribution in [3.8, 4) is 0 Å². The van der Waals surface area contributed by atoms with Gasteiger partial charge in [-0.25, -0.2) is 14.6 Å². The van der Waals surface area contributed by atoms with E-state index in [4.69, 9.17) is 16.7 Å². The summed E-state index contributed by atoms with van der Waals surface area (Å²) in [5.74, 6) is -0.568. The van der Waals surface area contributed by atoms with Gasteiger partial charge in [0.05, 0.1) is 10.7 Å². The Kier molecular flexibility index (Phi) is 4.72. The van der Waals surface area contributed by atoms with E-state index in [0.29, 0.717) is 18.8 Å². The van der Waals surface area contributed by atoms with Crippen LogP contribution in [0.4, 0.5) is 10.5 Å². The number of carbonyl (C=O) groups excluding carboxylic acids is 1. The quantitative estimate of drug-likeness (QED) is 0.667. The molecule has 0 aliphatic carbocycles. The summed E-state index contributed by atoms with van der Waals surface area (Å²) in [6.45, 7) is 0.323. The molecule has 2 aromatic rings. The molecule has 1 aromatic carbocycles. The number of carboxylic acid groups (broad SMARTS) is 1. The van der Waals surface area contributed by atoms with Crippen molar-refractivity contribution in [3.63, 3.8) is 0 Å². The number of rotatable bonds is 5. The molecule has 0 aliphatic rings. The number of aromatic nitrogens is 3. The first-order valence-corrected chi connectivity index (χ1v) is 6.36. The fraction of sp³-hybridized carbons (Fsp3) is 0.167. The molecule has 0 atom stereocenters. The van der Waals surface area contributed by atoms with Gasteiger partial charge in [-0.05, 0) is 12.1 Å². The number of urea groups is 1. The van der Waals surface area contributed by atoms with E-state index in [0.717, 1.165) is 0 Å². The number of nitrogens with one attached hydrogen (secondary N) is 3. The molecular formula is C12H12ClN5O3. The molecule has 2 amide bonds. The predicted molar refractivity (Wildman–Crippen MR) is 75.5 cm³/mol. The Morgan fingerprint density at radius 2 is 2.19 bits per heavy atom. The first kappa shape index (κ1) is 14.8. The van der Waals surface area contributed by atoms with Crippen LogP contribution in [0.15, 0.2) is 24.5 Å². The highest BCUT2D eigenvalue weighted by Crippen LogP contribution is 2.24. The minimum Gasteiger partial charge on any atom is -0.478 e. The number of H-pyrrole nitrogens is 1. The molecule has 0 fully saturated rings. The van der Waals surface area contributed by atoms with Crippen molar-refractivity contribution < 1.29 is 14.7 Å². The maximum Gasteiger partial charge on any atom is 0.339 e. The summed E-state index contributed by atoms with van der Waals surface area (Å²) in [5.41, 5.74) is -0.0169. The standard InChI is InChI=1S/C12H12ClN5O3/c13-7-2-1-3-8(10(7)11(19)20)17-12(21)14-5-4-9-15-6-16-18-9/h1-3,6H,4-5H2,(H,19,20)(H2,14,17,21)(H,15,16,18). The fourth-order valence-electron chi connectivity index (χ4n) is 1.66. The molecule has 1 heterocycles. The number of anilines is 1. The summed E-state index contributed by atoms with van der Waals surface area (Å²) in [6.07, 6.45) is 1.86. The van der Waals surface area contributed by atoms with Gasteiger partial charge < -0.3 is 15.7 Å². The third-order valence-corrected chi connectivity index (χ3v) is 2.90. The van der Waals surface area contributed by atoms with Crippen molar-refractivity contribution in [2.45, 2.75) is 6.42 Å². The van der Waals surface area contributed by atoms with E-state index in [1.54, 1.807) is 6.07 Å². The first-order valence-electron chi connectivity index (χ1n) is 5.99. The highest BCUT2D eigenvalue weighted by molar-refractivity contribution is 6.34. The van der Waals surface area contributed by atoms with Crippen LogP contribution < -0.4 is 10.6 Å². The van der Waals surface area contributed by atoms with Gasteiger partial charge in [0.25, 0.3) is 0 Å². The van der Waals surface area contributed by atoms with Crippen LogP contribution in [-0.2, 0) is 6.42 Å². The van der Waals surface area contributed by atoms with Crippen LogP contribution in [0, 0.1) is 0 Å². The molecule has 110 valence electrons. The van der Waals surface area contributed by atoms with Gasteiger partial charge in [-0.3, -0.25) is 5.10 Å². The van der Waals surface area contributed by atoms with Crippen molar-refractivity contribution in [2.24, 2.45) is 0 Å². The molecule has 0 radical (unpaired) electrons. The Balaban J connectivity index is 1.93. The SMILES string of the molecule is O=C(NCCc1ncn[nH]1)Nc1cccc(Cl)c1C(=O)O. The van der Waals surface area contributed by atoms with Gasteiger partial charge in [-0.15, -0.1) is 0 Å². The van der Waals surface area contributed by atoms with Gasteiger partial charge in [-0.2, -0.15) is 5.10 Å². The zero-order chi connectivity index (χ0) is 15.2. The number of carboxylic acids is 1. The van der Waals surface area contributed by atoms with E-state index in [1.165, 1.54) is 18.5 Å². The summed E-state index contributed by atoms with van der Waals surface area (Å²) < 4.78 is 0. The summed E-state index contributed by atoms with van der Waals surface area (Å²) >= 11 is 5.81. The Bertz CT molecular complexity index is 644. The van der Waals surface area contributed by atoms with Crippen LogP contribution in [0.2, 0.25) is 5.02 Å². The normalized spacial score (nSPS) is 10.1. The molecule has 1 aromatic heterocycles. The molecule has 21 heavy (non-hydrogen) atoms. The van der Waals surface area contributed by atoms with Crippen molar-refractivity contribution in [2.75, 3.05) is 11.9 Å². The molecular weight excluding hydrogens is 298 g/mol. The highest BCUT2D eigenvalue weighted by atomic mass is 35.5. The van der Waals surface area contributed by atoms with Gasteiger partial charge in [0.15, 0.2) is 0 Å². The molecule has 0 saturated carbocycles. The predicted octanol–water partition coefficient (Wildman–Crippen LogP) is 1.52. The Morgan fingerprint density at radius 3 is 2.86 bits per heavy atom. The maximum absolute atomic E-state index is 11.7. The molecule has 0 unspecified atom stereocenters. The lowest BCUT2D eigenvalue weighted by Crippen LogP contribution is -2.31. The van der Waals surface area contributed by atoms with Crippen molar-refractivity contribution in [1.82, 2.24) is 20.5 Å². The lowest BCUT2D eigenvalue weighted by Gasteiger charge is -2.10. The van der Waals surface area contributed by atoms with Crippen LogP contribution in [0.3, 0.4) is 0 Å². The van der Waals surface area contributed by atoms with Gasteiger partial charge in [0, 0.05) is 13.0 Å². The summed E-state index contributed by atoms with van der Waals surface area (Å²) in [7, 11) is 0. The second-order valence-electron chi connectivity index (χ2n) is 4.03. The second kappa shape index (κ2) is 6.71. The maximum atomic E-state index is 11.7. The number of benzene rings is 1. The van der Waals surface area contributed by atoms with Gasteiger partial charge in [0.1, 0.15) is 17.7 Å². The van der Waals surface area contributed by atoms with E-state index in [1.807, 2.05) is 0 Å². The molecule has 0 spiro atoms. The van der Waals surface area contributed by atoms with E-state index in [2.05, 4.69) is 25.8 Å². The first-order chi connectivity index (χ1) is 10.1. The average molecular weight is 310 g/mol. The fourth-order valence-corrected chi connectivity index (χ4v) is 1.91. The smallest absolute Gasteiger partial charge is 0.339 e. The summed E-state index contributed by atoms with van der Waals surface area (Å²) in [6, 6.07) is 3.93. The molecule has 0 bridgehead atoms. The number of aromatic amines is 1. The highest BCUT2D eigenvalue weighted by Gasteiger charge is 2.15. The van der Waals surface area contributed by atoms with E-state index in [-0.39, 0.29) is 16.3 Å². The number of aromatic carboxylic acids is 1. The van der Waals surface area contributed by atoms with Crippen LogP contribution in [0.5, 0.6) is 0 Å². The lowest BCUT2D eigenvalue weighted by atomic mass is 10.2. The summed E-state index contributed by atoms with van der Waals surface area (Å²) in [4.78, 5) is 26.8. The van der Waals surface area contributed by atoms with Crippen LogP contribution in [0.25, 0.3) is 0 Å². The molecule has 2 rings (SSSR count). The zero-order valence-corrected chi connectivity index (χ0v) is 11.5. The second-order valence-corrected chi connectivity index (χ2v) is 4.44. The minimum atomic E-state index is -1.21. The monoisotopic (exact) mass is 309 g/mol. The molecule has 9 heteroatoms. The van der Waals surface area contributed by atoms with Gasteiger partial charge >= 0.3 is 12.0 Å². The molecule has 4 N–H and O–H groups in total. The van der Waals surface area contributed by atoms with Crippen molar-refractivity contribution in [1.29, 1.82) is 0 Å². The van der Waals surface area contributed by atoms with Crippen molar-refractivity contribution in [3.05, 3.63) is 40.9 Å². The molecule has 8 nitrogen and oxygen atoms in total. The number of halogens is 1. The molecule has 0 aliphatic heterocycles. The summed E-state index contributed by atoms with van der Waals surface area (Å²) in [5, 5.41) is 20.5. The van der Waals surface area contributed by atoms with Crippen LogP contribution >= 0.6 is 11.6 Å². The number of amides is 2. The van der Waals surface area contributed by atoms with Crippen LogP contribution in [-0.4, -0.2) is 38.8 Å². The van der Waals surface area contributed by atoms with Crippen molar-refractivity contribution >= 4 is 29.3 Å². The van der Waals surface area contributed by atoms with E-state index in [9.17, 15) is 9.59 Å².